The molecule has 0 radical (unpaired) electrons. The summed E-state index contributed by atoms with van der Waals surface area (Å²) in [7, 11) is 0. The highest BCUT2D eigenvalue weighted by atomic mass is 14.4. The average Bonchev–Trinajstić information content (AvgIpc) is 2.61. The van der Waals surface area contributed by atoms with Crippen molar-refractivity contribution in [2.24, 2.45) is 17.8 Å². The van der Waals surface area contributed by atoms with Gasteiger partial charge in [0.05, 0.1) is 0 Å². The maximum Gasteiger partial charge on any atom is -0.0162 e. The molecule has 0 unspecified atom stereocenters. The predicted octanol–water partition coefficient (Wildman–Crippen LogP) is 7.68. The molecule has 0 atom stereocenters. The van der Waals surface area contributed by atoms with Crippen LogP contribution < -0.4 is 0 Å². The van der Waals surface area contributed by atoms with Crippen LogP contribution in [-0.4, -0.2) is 0 Å². The van der Waals surface area contributed by atoms with Gasteiger partial charge in [-0.05, 0) is 101 Å². The third kappa shape index (κ3) is 4.98. The van der Waals surface area contributed by atoms with Gasteiger partial charge in [-0.3, -0.25) is 0 Å². The van der Waals surface area contributed by atoms with Crippen LogP contribution in [0.5, 0.6) is 0 Å². The Kier molecular flexibility index (Phi) is 7.59. The first kappa shape index (κ1) is 19.3. The van der Waals surface area contributed by atoms with E-state index in [4.69, 9.17) is 0 Å². The zero-order valence-corrected chi connectivity index (χ0v) is 15.1. The third-order valence-electron chi connectivity index (χ3n) is 6.58. The Morgan fingerprint density at radius 3 is 1.92 bits per heavy atom. The molecule has 2 fully saturated rings. The Bertz CT molecular complexity index is 479. The van der Waals surface area contributed by atoms with Gasteiger partial charge in [0.15, 0.2) is 0 Å². The monoisotopic (exact) mass is 326 g/mol. The number of aryl methyl sites for hydroxylation is 1. The fourth-order valence-corrected chi connectivity index (χ4v) is 4.99. The largest absolute Gasteiger partial charge is 0.0917 e. The van der Waals surface area contributed by atoms with E-state index in [0.29, 0.717) is 0 Å². The summed E-state index contributed by atoms with van der Waals surface area (Å²) >= 11 is 0. The number of rotatable bonds is 4. The van der Waals surface area contributed by atoms with Crippen molar-refractivity contribution in [1.82, 2.24) is 0 Å². The second-order valence-corrected chi connectivity index (χ2v) is 8.11. The van der Waals surface area contributed by atoms with Crippen LogP contribution in [0.2, 0.25) is 0 Å². The van der Waals surface area contributed by atoms with E-state index in [0.717, 1.165) is 23.7 Å². The molecule has 0 heterocycles. The zero-order valence-electron chi connectivity index (χ0n) is 15.1. The average molecular weight is 327 g/mol. The lowest BCUT2D eigenvalue weighted by molar-refractivity contribution is 0.160. The van der Waals surface area contributed by atoms with Crippen molar-refractivity contribution < 1.29 is 0 Å². The molecule has 1 aromatic rings. The van der Waals surface area contributed by atoms with Gasteiger partial charge in [-0.25, -0.2) is 0 Å². The van der Waals surface area contributed by atoms with E-state index in [2.05, 4.69) is 50.3 Å². The van der Waals surface area contributed by atoms with Crippen LogP contribution in [-0.2, 0) is 0 Å². The van der Waals surface area contributed by atoms with Gasteiger partial charge in [-0.15, -0.1) is 0 Å². The van der Waals surface area contributed by atoms with Crippen molar-refractivity contribution in [2.75, 3.05) is 0 Å². The minimum atomic E-state index is 0. The van der Waals surface area contributed by atoms with Gasteiger partial charge >= 0.3 is 0 Å². The van der Waals surface area contributed by atoms with Crippen LogP contribution in [0.15, 0.2) is 36.4 Å². The van der Waals surface area contributed by atoms with Crippen LogP contribution in [0, 0.1) is 24.7 Å². The lowest BCUT2D eigenvalue weighted by Gasteiger charge is -2.38. The fraction of sp³-hybridized carbons (Fsp3) is 0.667. The molecule has 0 heteroatoms. The first-order valence-corrected chi connectivity index (χ1v) is 9.94. The fourth-order valence-electron chi connectivity index (χ4n) is 4.99. The van der Waals surface area contributed by atoms with Gasteiger partial charge in [0.1, 0.15) is 0 Å². The normalized spacial score (nSPS) is 30.9. The van der Waals surface area contributed by atoms with Gasteiger partial charge in [-0.1, -0.05) is 49.4 Å². The van der Waals surface area contributed by atoms with E-state index in [1.54, 1.807) is 5.56 Å². The maximum absolute atomic E-state index is 2.37. The number of hydrogen-bond donors (Lipinski definition) is 0. The summed E-state index contributed by atoms with van der Waals surface area (Å²) in [5.41, 5.74) is 2.97. The van der Waals surface area contributed by atoms with Crippen LogP contribution in [0.25, 0.3) is 0 Å². The molecule has 0 N–H and O–H groups in total. The Balaban J connectivity index is 0.00000208. The Labute approximate surface area is 150 Å². The summed E-state index contributed by atoms with van der Waals surface area (Å²) in [5.74, 6) is 3.87. The summed E-state index contributed by atoms with van der Waals surface area (Å²) < 4.78 is 0. The summed E-state index contributed by atoms with van der Waals surface area (Å²) in [6, 6.07) is 9.31. The highest BCUT2D eigenvalue weighted by molar-refractivity contribution is 5.24. The van der Waals surface area contributed by atoms with Gasteiger partial charge in [0, 0.05) is 0 Å². The molecule has 2 saturated carbocycles. The van der Waals surface area contributed by atoms with E-state index < -0.39 is 0 Å². The molecule has 134 valence electrons. The van der Waals surface area contributed by atoms with E-state index >= 15 is 0 Å². The molecular weight excluding hydrogens is 288 g/mol. The highest BCUT2D eigenvalue weighted by Gasteiger charge is 2.30. The summed E-state index contributed by atoms with van der Waals surface area (Å²) in [6.07, 6.45) is 17.7. The standard InChI is InChI=1S/C23H34.CH4/c1-3-4-5-19-8-12-21(13-9-19)23-16-14-22(15-17-23)20-10-6-18(2)7-11-20;/h3-4,6-7,10-11,19,21-23H,5,8-9,12-17H2,1-2H3;1H4. The second-order valence-electron chi connectivity index (χ2n) is 8.11. The minimum absolute atomic E-state index is 0. The van der Waals surface area contributed by atoms with Crippen LogP contribution in [0.1, 0.15) is 89.2 Å². The molecule has 1 aromatic carbocycles. The van der Waals surface area contributed by atoms with Gasteiger partial charge in [-0.2, -0.15) is 0 Å². The molecule has 0 amide bonds. The van der Waals surface area contributed by atoms with Gasteiger partial charge < -0.3 is 0 Å². The second kappa shape index (κ2) is 9.44. The number of hydrogen-bond acceptors (Lipinski definition) is 0. The van der Waals surface area contributed by atoms with Crippen molar-refractivity contribution in [3.63, 3.8) is 0 Å². The highest BCUT2D eigenvalue weighted by Crippen LogP contribution is 2.44. The van der Waals surface area contributed by atoms with Crippen molar-refractivity contribution in [3.05, 3.63) is 47.5 Å². The first-order valence-electron chi connectivity index (χ1n) is 9.94. The topological polar surface area (TPSA) is 0 Å². The lowest BCUT2D eigenvalue weighted by Crippen LogP contribution is -2.25. The molecule has 0 nitrogen and oxygen atoms in total. The zero-order chi connectivity index (χ0) is 16.1. The van der Waals surface area contributed by atoms with Crippen molar-refractivity contribution >= 4 is 0 Å². The smallest absolute Gasteiger partial charge is 0.0162 e. The predicted molar refractivity (Wildman–Crippen MR) is 107 cm³/mol. The van der Waals surface area contributed by atoms with Crippen LogP contribution in [0.3, 0.4) is 0 Å². The molecule has 0 spiro atoms. The molecular formula is C24H38. The van der Waals surface area contributed by atoms with Crippen LogP contribution in [0.4, 0.5) is 0 Å². The van der Waals surface area contributed by atoms with Gasteiger partial charge in [0.25, 0.3) is 0 Å². The summed E-state index contributed by atoms with van der Waals surface area (Å²) in [5, 5.41) is 0. The summed E-state index contributed by atoms with van der Waals surface area (Å²) in [6.45, 7) is 4.34. The third-order valence-corrected chi connectivity index (χ3v) is 6.58. The molecule has 3 rings (SSSR count). The Morgan fingerprint density at radius 2 is 1.38 bits per heavy atom. The van der Waals surface area contributed by atoms with E-state index in [1.165, 1.54) is 63.4 Å². The van der Waals surface area contributed by atoms with Gasteiger partial charge in [0.2, 0.25) is 0 Å². The molecule has 0 aliphatic heterocycles. The minimum Gasteiger partial charge on any atom is -0.0917 e. The Morgan fingerprint density at radius 1 is 0.833 bits per heavy atom. The first-order chi connectivity index (χ1) is 11.3. The summed E-state index contributed by atoms with van der Waals surface area (Å²) in [4.78, 5) is 0. The van der Waals surface area contributed by atoms with Crippen molar-refractivity contribution in [3.8, 4) is 0 Å². The lowest BCUT2D eigenvalue weighted by atomic mass is 9.68. The maximum atomic E-state index is 2.37. The van der Waals surface area contributed by atoms with E-state index in [1.807, 2.05) is 0 Å². The molecule has 24 heavy (non-hydrogen) atoms. The quantitative estimate of drug-likeness (QED) is 0.498. The van der Waals surface area contributed by atoms with Crippen molar-refractivity contribution in [1.29, 1.82) is 0 Å². The molecule has 0 aromatic heterocycles. The van der Waals surface area contributed by atoms with Crippen molar-refractivity contribution in [2.45, 2.75) is 85.0 Å². The van der Waals surface area contributed by atoms with E-state index in [9.17, 15) is 0 Å². The number of benzene rings is 1. The van der Waals surface area contributed by atoms with E-state index in [-0.39, 0.29) is 7.43 Å². The molecule has 2 aliphatic rings. The number of allylic oxidation sites excluding steroid dienone is 2. The Hall–Kier alpha value is -1.04. The molecule has 0 saturated heterocycles. The molecule has 2 aliphatic carbocycles. The van der Waals surface area contributed by atoms with Crippen LogP contribution >= 0.6 is 0 Å². The molecule has 0 bridgehead atoms. The SMILES string of the molecule is C.CC=CCC1CCC(C2CCC(c3ccc(C)cc3)CC2)CC1.